The van der Waals surface area contributed by atoms with Gasteiger partial charge >= 0.3 is 0 Å². The molecule has 0 aliphatic rings. The lowest BCUT2D eigenvalue weighted by Gasteiger charge is -2.06. The first-order valence-corrected chi connectivity index (χ1v) is 5.73. The van der Waals surface area contributed by atoms with E-state index in [-0.39, 0.29) is 0 Å². The molecule has 88 valence electrons. The van der Waals surface area contributed by atoms with Crippen LogP contribution in [0.15, 0.2) is 48.8 Å². The van der Waals surface area contributed by atoms with Crippen LogP contribution < -0.4 is 5.73 Å². The van der Waals surface area contributed by atoms with Crippen molar-refractivity contribution in [3.8, 4) is 0 Å². The number of anilines is 1. The van der Waals surface area contributed by atoms with Crippen LogP contribution in [-0.2, 0) is 6.42 Å². The summed E-state index contributed by atoms with van der Waals surface area (Å²) in [7, 11) is 0. The minimum Gasteiger partial charge on any atom is -0.382 e. The number of pyridine rings is 1. The monoisotopic (exact) mass is 236 g/mol. The number of fused-ring (bicyclic) bond motifs is 1. The Morgan fingerprint density at radius 1 is 0.889 bits per heavy atom. The molecule has 4 heteroatoms. The van der Waals surface area contributed by atoms with Crippen LogP contribution in [0.25, 0.3) is 10.8 Å². The summed E-state index contributed by atoms with van der Waals surface area (Å²) in [6.07, 6.45) is 4.29. The van der Waals surface area contributed by atoms with E-state index in [9.17, 15) is 0 Å². The van der Waals surface area contributed by atoms with E-state index in [2.05, 4.69) is 15.2 Å². The normalized spacial score (nSPS) is 10.7. The minimum atomic E-state index is 0.476. The van der Waals surface area contributed by atoms with Crippen molar-refractivity contribution in [2.45, 2.75) is 6.42 Å². The molecule has 0 atom stereocenters. The number of rotatable bonds is 2. The molecule has 0 amide bonds. The van der Waals surface area contributed by atoms with Crippen molar-refractivity contribution in [2.75, 3.05) is 5.73 Å². The van der Waals surface area contributed by atoms with Gasteiger partial charge in [0.1, 0.15) is 0 Å². The molecule has 0 saturated heterocycles. The lowest BCUT2D eigenvalue weighted by Crippen LogP contribution is -2.01. The van der Waals surface area contributed by atoms with Crippen molar-refractivity contribution in [3.63, 3.8) is 0 Å². The van der Waals surface area contributed by atoms with Gasteiger partial charge in [0.25, 0.3) is 0 Å². The van der Waals surface area contributed by atoms with E-state index in [1.807, 2.05) is 36.4 Å². The fraction of sp³-hybridized carbons (Fsp3) is 0.0714. The summed E-state index contributed by atoms with van der Waals surface area (Å²) in [5.74, 6) is 0.476. The van der Waals surface area contributed by atoms with Crippen LogP contribution >= 0.6 is 0 Å². The molecule has 0 fully saturated rings. The number of aromatic nitrogens is 3. The Morgan fingerprint density at radius 2 is 1.61 bits per heavy atom. The Kier molecular flexibility index (Phi) is 2.61. The Hall–Kier alpha value is -2.49. The van der Waals surface area contributed by atoms with E-state index >= 15 is 0 Å². The highest BCUT2D eigenvalue weighted by Gasteiger charge is 2.07. The van der Waals surface area contributed by atoms with Gasteiger partial charge in [0, 0.05) is 29.6 Å². The van der Waals surface area contributed by atoms with Crippen LogP contribution in [0.3, 0.4) is 0 Å². The van der Waals surface area contributed by atoms with Gasteiger partial charge in [0.05, 0.1) is 5.69 Å². The van der Waals surface area contributed by atoms with Crippen molar-refractivity contribution in [3.05, 3.63) is 60.0 Å². The van der Waals surface area contributed by atoms with Crippen LogP contribution in [0.5, 0.6) is 0 Å². The Morgan fingerprint density at radius 3 is 2.39 bits per heavy atom. The molecule has 4 nitrogen and oxygen atoms in total. The van der Waals surface area contributed by atoms with Gasteiger partial charge in [-0.05, 0) is 17.7 Å². The Balaban J connectivity index is 2.10. The topological polar surface area (TPSA) is 64.7 Å². The fourth-order valence-electron chi connectivity index (χ4n) is 2.00. The molecule has 0 unspecified atom stereocenters. The van der Waals surface area contributed by atoms with Crippen molar-refractivity contribution in [2.24, 2.45) is 0 Å². The quantitative estimate of drug-likeness (QED) is 0.740. The molecule has 0 spiro atoms. The lowest BCUT2D eigenvalue weighted by molar-refractivity contribution is 0.963. The number of nitrogens with zero attached hydrogens (tertiary/aromatic N) is 3. The van der Waals surface area contributed by atoms with Crippen molar-refractivity contribution >= 4 is 16.6 Å². The SMILES string of the molecule is Nc1nnc(Cc2ccncc2)c2ccccc12. The maximum atomic E-state index is 5.83. The average Bonchev–Trinajstić information content (AvgIpc) is 2.44. The lowest BCUT2D eigenvalue weighted by atomic mass is 10.1. The number of benzene rings is 1. The highest BCUT2D eigenvalue weighted by molar-refractivity contribution is 5.92. The standard InChI is InChI=1S/C14H12N4/c15-14-12-4-2-1-3-11(12)13(17-18-14)9-10-5-7-16-8-6-10/h1-8H,9H2,(H2,15,18). The summed E-state index contributed by atoms with van der Waals surface area (Å²) in [5, 5.41) is 10.2. The highest BCUT2D eigenvalue weighted by atomic mass is 15.1. The van der Waals surface area contributed by atoms with Crippen molar-refractivity contribution in [1.29, 1.82) is 0 Å². The zero-order valence-electron chi connectivity index (χ0n) is 9.74. The molecule has 3 aromatic rings. The van der Waals surface area contributed by atoms with E-state index in [1.165, 1.54) is 0 Å². The molecular formula is C14H12N4. The highest BCUT2D eigenvalue weighted by Crippen LogP contribution is 2.22. The van der Waals surface area contributed by atoms with Gasteiger partial charge in [-0.3, -0.25) is 4.98 Å². The van der Waals surface area contributed by atoms with Gasteiger partial charge in [-0.1, -0.05) is 24.3 Å². The van der Waals surface area contributed by atoms with Gasteiger partial charge in [-0.2, -0.15) is 5.10 Å². The minimum absolute atomic E-state index is 0.476. The van der Waals surface area contributed by atoms with E-state index in [4.69, 9.17) is 5.73 Å². The first kappa shape index (κ1) is 10.7. The average molecular weight is 236 g/mol. The molecule has 3 rings (SSSR count). The predicted molar refractivity (Wildman–Crippen MR) is 71.0 cm³/mol. The maximum Gasteiger partial charge on any atom is 0.153 e. The van der Waals surface area contributed by atoms with Crippen LogP contribution in [-0.4, -0.2) is 15.2 Å². The van der Waals surface area contributed by atoms with Gasteiger partial charge in [-0.25, -0.2) is 0 Å². The second-order valence-electron chi connectivity index (χ2n) is 4.11. The van der Waals surface area contributed by atoms with E-state index < -0.39 is 0 Å². The third-order valence-corrected chi connectivity index (χ3v) is 2.91. The van der Waals surface area contributed by atoms with Gasteiger partial charge in [0.2, 0.25) is 0 Å². The second-order valence-corrected chi connectivity index (χ2v) is 4.11. The molecule has 2 heterocycles. The van der Waals surface area contributed by atoms with Crippen LogP contribution in [0.1, 0.15) is 11.3 Å². The Labute approximate surface area is 105 Å². The van der Waals surface area contributed by atoms with E-state index in [0.717, 1.165) is 28.5 Å². The summed E-state index contributed by atoms with van der Waals surface area (Å²) in [5.41, 5.74) is 7.93. The molecule has 2 N–H and O–H groups in total. The fourth-order valence-corrected chi connectivity index (χ4v) is 2.00. The molecule has 2 aromatic heterocycles. The van der Waals surface area contributed by atoms with E-state index in [0.29, 0.717) is 5.82 Å². The van der Waals surface area contributed by atoms with Crippen LogP contribution in [0.4, 0.5) is 5.82 Å². The van der Waals surface area contributed by atoms with Gasteiger partial charge < -0.3 is 5.73 Å². The summed E-state index contributed by atoms with van der Waals surface area (Å²) in [6.45, 7) is 0. The second kappa shape index (κ2) is 4.41. The zero-order valence-corrected chi connectivity index (χ0v) is 9.74. The smallest absolute Gasteiger partial charge is 0.153 e. The largest absolute Gasteiger partial charge is 0.382 e. The van der Waals surface area contributed by atoms with Gasteiger partial charge in [-0.15, -0.1) is 5.10 Å². The van der Waals surface area contributed by atoms with Crippen molar-refractivity contribution < 1.29 is 0 Å². The molecule has 18 heavy (non-hydrogen) atoms. The van der Waals surface area contributed by atoms with Crippen LogP contribution in [0.2, 0.25) is 0 Å². The number of hydrogen-bond donors (Lipinski definition) is 1. The summed E-state index contributed by atoms with van der Waals surface area (Å²) < 4.78 is 0. The molecule has 0 aliphatic heterocycles. The molecule has 0 bridgehead atoms. The Bertz CT molecular complexity index is 680. The maximum absolute atomic E-state index is 5.83. The van der Waals surface area contributed by atoms with Gasteiger partial charge in [0.15, 0.2) is 5.82 Å². The first-order valence-electron chi connectivity index (χ1n) is 5.73. The number of hydrogen-bond acceptors (Lipinski definition) is 4. The number of nitrogens with two attached hydrogens (primary N) is 1. The molecule has 0 saturated carbocycles. The molecule has 1 aromatic carbocycles. The zero-order chi connectivity index (χ0) is 12.4. The first-order chi connectivity index (χ1) is 8.84. The molecular weight excluding hydrogens is 224 g/mol. The summed E-state index contributed by atoms with van der Waals surface area (Å²) in [6, 6.07) is 11.9. The van der Waals surface area contributed by atoms with Crippen molar-refractivity contribution in [1.82, 2.24) is 15.2 Å². The summed E-state index contributed by atoms with van der Waals surface area (Å²) in [4.78, 5) is 4.01. The summed E-state index contributed by atoms with van der Waals surface area (Å²) >= 11 is 0. The third-order valence-electron chi connectivity index (χ3n) is 2.91. The third kappa shape index (κ3) is 1.88. The van der Waals surface area contributed by atoms with Crippen LogP contribution in [0, 0.1) is 0 Å². The molecule has 0 aliphatic carbocycles. The number of nitrogen functional groups attached to an aromatic ring is 1. The molecule has 0 radical (unpaired) electrons. The predicted octanol–water partition coefficient (Wildman–Crippen LogP) is 2.20. The van der Waals surface area contributed by atoms with E-state index in [1.54, 1.807) is 12.4 Å².